The topological polar surface area (TPSA) is 20.3 Å². The van der Waals surface area contributed by atoms with E-state index in [2.05, 4.69) is 4.90 Å². The molecular weight excluding hydrogens is 277 g/mol. The van der Waals surface area contributed by atoms with Crippen molar-refractivity contribution in [3.63, 3.8) is 0 Å². The highest BCUT2D eigenvalue weighted by atomic mass is 35.5. The van der Waals surface area contributed by atoms with Gasteiger partial charge in [-0.2, -0.15) is 11.8 Å². The van der Waals surface area contributed by atoms with Gasteiger partial charge < -0.3 is 4.90 Å². The van der Waals surface area contributed by atoms with Crippen molar-refractivity contribution >= 4 is 40.7 Å². The highest BCUT2D eigenvalue weighted by Gasteiger charge is 2.08. The Morgan fingerprint density at radius 3 is 2.59 bits per heavy atom. The largest absolute Gasteiger partial charge is 0.309 e. The van der Waals surface area contributed by atoms with E-state index in [-0.39, 0.29) is 5.78 Å². The molecule has 0 N–H and O–H groups in total. The lowest BCUT2D eigenvalue weighted by atomic mass is 10.1. The van der Waals surface area contributed by atoms with E-state index in [1.807, 2.05) is 14.1 Å². The second-order valence-corrected chi connectivity index (χ2v) is 5.83. The van der Waals surface area contributed by atoms with Gasteiger partial charge in [-0.05, 0) is 32.3 Å². The maximum absolute atomic E-state index is 11.8. The Hall–Kier alpha value is -0.220. The zero-order chi connectivity index (χ0) is 12.8. The first kappa shape index (κ1) is 14.8. The van der Waals surface area contributed by atoms with Crippen LogP contribution in [0.3, 0.4) is 0 Å². The molecule has 0 radical (unpaired) electrons. The molecule has 0 aliphatic carbocycles. The van der Waals surface area contributed by atoms with Crippen LogP contribution in [-0.4, -0.2) is 42.8 Å². The number of rotatable bonds is 6. The number of hydrogen-bond acceptors (Lipinski definition) is 3. The molecule has 0 saturated carbocycles. The van der Waals surface area contributed by atoms with Gasteiger partial charge in [0, 0.05) is 17.9 Å². The van der Waals surface area contributed by atoms with Crippen LogP contribution in [0.2, 0.25) is 10.0 Å². The molecule has 0 unspecified atom stereocenters. The third kappa shape index (κ3) is 5.30. The average Bonchev–Trinajstić information content (AvgIpc) is 2.27. The molecular formula is C12H15Cl2NOS. The van der Waals surface area contributed by atoms with Crippen molar-refractivity contribution in [3.05, 3.63) is 33.8 Å². The van der Waals surface area contributed by atoms with E-state index in [9.17, 15) is 4.79 Å². The van der Waals surface area contributed by atoms with Crippen LogP contribution >= 0.6 is 35.0 Å². The van der Waals surface area contributed by atoms with Gasteiger partial charge in [-0.1, -0.05) is 23.2 Å². The van der Waals surface area contributed by atoms with Crippen molar-refractivity contribution in [1.82, 2.24) is 4.90 Å². The van der Waals surface area contributed by atoms with E-state index in [1.165, 1.54) is 0 Å². The molecule has 0 saturated heterocycles. The third-order valence-electron chi connectivity index (χ3n) is 2.16. The number of carbonyl (C=O) groups excluding carboxylic acids is 1. The first-order chi connectivity index (χ1) is 8.00. The van der Waals surface area contributed by atoms with Crippen LogP contribution < -0.4 is 0 Å². The number of carbonyl (C=O) groups is 1. The molecule has 0 fully saturated rings. The van der Waals surface area contributed by atoms with Gasteiger partial charge in [0.15, 0.2) is 5.78 Å². The lowest BCUT2D eigenvalue weighted by Gasteiger charge is -2.08. The summed E-state index contributed by atoms with van der Waals surface area (Å²) in [7, 11) is 4.03. The molecule has 0 heterocycles. The molecule has 0 amide bonds. The van der Waals surface area contributed by atoms with Crippen LogP contribution in [0, 0.1) is 0 Å². The normalized spacial score (nSPS) is 10.9. The van der Waals surface area contributed by atoms with E-state index in [1.54, 1.807) is 30.0 Å². The fourth-order valence-corrected chi connectivity index (χ4v) is 2.45. The van der Waals surface area contributed by atoms with Gasteiger partial charge >= 0.3 is 0 Å². The molecule has 0 spiro atoms. The first-order valence-electron chi connectivity index (χ1n) is 5.21. The Balaban J connectivity index is 2.44. The summed E-state index contributed by atoms with van der Waals surface area (Å²) >= 11 is 13.3. The van der Waals surface area contributed by atoms with E-state index < -0.39 is 0 Å². The lowest BCUT2D eigenvalue weighted by Crippen LogP contribution is -2.15. The van der Waals surface area contributed by atoms with Crippen molar-refractivity contribution in [2.75, 3.05) is 32.1 Å². The molecule has 0 aromatic heterocycles. The Labute approximate surface area is 116 Å². The molecule has 94 valence electrons. The summed E-state index contributed by atoms with van der Waals surface area (Å²) in [6.45, 7) is 0.972. The number of Topliss-reactive ketones (excluding diaryl/α,β-unsaturated/α-hetero) is 1. The fourth-order valence-electron chi connectivity index (χ4n) is 1.16. The van der Waals surface area contributed by atoms with Gasteiger partial charge in [-0.15, -0.1) is 0 Å². The Kier molecular flexibility index (Phi) is 6.34. The summed E-state index contributed by atoms with van der Waals surface area (Å²) in [4.78, 5) is 13.9. The van der Waals surface area contributed by atoms with Crippen LogP contribution in [0.25, 0.3) is 0 Å². The summed E-state index contributed by atoms with van der Waals surface area (Å²) in [5.74, 6) is 1.51. The first-order valence-corrected chi connectivity index (χ1v) is 7.12. The lowest BCUT2D eigenvalue weighted by molar-refractivity contribution is 0.102. The number of hydrogen-bond donors (Lipinski definition) is 0. The van der Waals surface area contributed by atoms with Gasteiger partial charge in [-0.3, -0.25) is 4.79 Å². The zero-order valence-corrected chi connectivity index (χ0v) is 12.2. The quantitative estimate of drug-likeness (QED) is 0.591. The second kappa shape index (κ2) is 7.27. The molecule has 0 atom stereocenters. The Morgan fingerprint density at radius 2 is 2.00 bits per heavy atom. The van der Waals surface area contributed by atoms with Crippen molar-refractivity contribution < 1.29 is 4.79 Å². The Bertz CT molecular complexity index is 396. The van der Waals surface area contributed by atoms with Crippen LogP contribution in [0.1, 0.15) is 10.4 Å². The summed E-state index contributed by atoms with van der Waals surface area (Å²) < 4.78 is 0. The summed E-state index contributed by atoms with van der Waals surface area (Å²) in [6.07, 6.45) is 0. The zero-order valence-electron chi connectivity index (χ0n) is 9.87. The standard InChI is InChI=1S/C12H15Cl2NOS/c1-15(2)5-6-17-8-12(16)9-3-4-10(13)11(14)7-9/h3-4,7H,5-6,8H2,1-2H3. The van der Waals surface area contributed by atoms with Crippen molar-refractivity contribution in [2.45, 2.75) is 0 Å². The predicted molar refractivity (Wildman–Crippen MR) is 76.7 cm³/mol. The Morgan fingerprint density at radius 1 is 1.29 bits per heavy atom. The molecule has 0 bridgehead atoms. The highest BCUT2D eigenvalue weighted by Crippen LogP contribution is 2.23. The number of benzene rings is 1. The molecule has 0 aliphatic rings. The van der Waals surface area contributed by atoms with Crippen LogP contribution in [-0.2, 0) is 0 Å². The minimum atomic E-state index is 0.0901. The van der Waals surface area contributed by atoms with Crippen LogP contribution in [0.4, 0.5) is 0 Å². The number of ketones is 1. The van der Waals surface area contributed by atoms with Crippen molar-refractivity contribution in [2.24, 2.45) is 0 Å². The van der Waals surface area contributed by atoms with Crippen molar-refractivity contribution in [3.8, 4) is 0 Å². The van der Waals surface area contributed by atoms with E-state index in [0.29, 0.717) is 21.4 Å². The fraction of sp³-hybridized carbons (Fsp3) is 0.417. The monoisotopic (exact) mass is 291 g/mol. The summed E-state index contributed by atoms with van der Waals surface area (Å²) in [6, 6.07) is 4.99. The molecule has 5 heteroatoms. The summed E-state index contributed by atoms with van der Waals surface area (Å²) in [5.41, 5.74) is 0.622. The molecule has 17 heavy (non-hydrogen) atoms. The van der Waals surface area contributed by atoms with Crippen molar-refractivity contribution in [1.29, 1.82) is 0 Å². The smallest absolute Gasteiger partial charge is 0.172 e. The van der Waals surface area contributed by atoms with Crippen LogP contribution in [0.15, 0.2) is 18.2 Å². The van der Waals surface area contributed by atoms with Crippen LogP contribution in [0.5, 0.6) is 0 Å². The molecule has 1 rings (SSSR count). The van der Waals surface area contributed by atoms with Gasteiger partial charge in [0.2, 0.25) is 0 Å². The predicted octanol–water partition coefficient (Wildman–Crippen LogP) is 3.47. The molecule has 0 aliphatic heterocycles. The number of thioether (sulfide) groups is 1. The van der Waals surface area contributed by atoms with E-state index >= 15 is 0 Å². The highest BCUT2D eigenvalue weighted by molar-refractivity contribution is 8.00. The maximum Gasteiger partial charge on any atom is 0.172 e. The summed E-state index contributed by atoms with van der Waals surface area (Å²) in [5, 5.41) is 0.902. The van der Waals surface area contributed by atoms with E-state index in [4.69, 9.17) is 23.2 Å². The third-order valence-corrected chi connectivity index (χ3v) is 3.83. The SMILES string of the molecule is CN(C)CCSCC(=O)c1ccc(Cl)c(Cl)c1. The van der Waals surface area contributed by atoms with E-state index in [0.717, 1.165) is 12.3 Å². The van der Waals surface area contributed by atoms with Gasteiger partial charge in [-0.25, -0.2) is 0 Å². The number of halogens is 2. The van der Waals surface area contributed by atoms with Gasteiger partial charge in [0.1, 0.15) is 0 Å². The minimum Gasteiger partial charge on any atom is -0.309 e. The number of nitrogens with zero attached hydrogens (tertiary/aromatic N) is 1. The average molecular weight is 292 g/mol. The maximum atomic E-state index is 11.8. The van der Waals surface area contributed by atoms with Gasteiger partial charge in [0.05, 0.1) is 15.8 Å². The second-order valence-electron chi connectivity index (χ2n) is 3.91. The molecule has 2 nitrogen and oxygen atoms in total. The van der Waals surface area contributed by atoms with Gasteiger partial charge in [0.25, 0.3) is 0 Å². The molecule has 1 aromatic carbocycles. The minimum absolute atomic E-state index is 0.0901. The molecule has 1 aromatic rings.